The number of thiocarbonyl (C=S) groups is 1. The second-order valence-electron chi connectivity index (χ2n) is 7.27. The lowest BCUT2D eigenvalue weighted by Gasteiger charge is -2.12. The Bertz CT molecular complexity index is 1100. The molecule has 0 unspecified atom stereocenters. The normalized spacial score (nSPS) is 15.4. The lowest BCUT2D eigenvalue weighted by molar-refractivity contribution is -0.122. The third-order valence-corrected chi connectivity index (χ3v) is 6.36. The van der Waals surface area contributed by atoms with E-state index < -0.39 is 0 Å². The molecule has 1 amide bonds. The SMILES string of the molecule is CCCCN1C(=O)/C(=C\c2cn(-c3ccccc3)nc2-c2ccc(C)cc2)SC1=S. The predicted molar refractivity (Wildman–Crippen MR) is 129 cm³/mol. The molecule has 2 aromatic carbocycles. The third kappa shape index (κ3) is 4.25. The molecule has 4 rings (SSSR count). The lowest BCUT2D eigenvalue weighted by Crippen LogP contribution is -2.28. The molecule has 1 aromatic heterocycles. The zero-order valence-corrected chi connectivity index (χ0v) is 18.7. The molecule has 0 radical (unpaired) electrons. The Morgan fingerprint density at radius 2 is 1.83 bits per heavy atom. The van der Waals surface area contributed by atoms with Crippen LogP contribution in [0.15, 0.2) is 65.7 Å². The molecule has 3 aromatic rings. The average molecular weight is 434 g/mol. The maximum absolute atomic E-state index is 12.9. The summed E-state index contributed by atoms with van der Waals surface area (Å²) in [5.41, 5.74) is 4.93. The predicted octanol–water partition coefficient (Wildman–Crippen LogP) is 5.85. The van der Waals surface area contributed by atoms with Gasteiger partial charge in [-0.05, 0) is 31.6 Å². The first-order chi connectivity index (χ1) is 14.6. The minimum Gasteiger partial charge on any atom is -0.293 e. The van der Waals surface area contributed by atoms with Crippen molar-refractivity contribution in [3.05, 3.63) is 76.8 Å². The van der Waals surface area contributed by atoms with Crippen LogP contribution >= 0.6 is 24.0 Å². The van der Waals surface area contributed by atoms with Gasteiger partial charge in [-0.25, -0.2) is 4.68 Å². The molecule has 1 aliphatic rings. The largest absolute Gasteiger partial charge is 0.293 e. The first-order valence-electron chi connectivity index (χ1n) is 10.0. The number of carbonyl (C=O) groups is 1. The van der Waals surface area contributed by atoms with Gasteiger partial charge in [0, 0.05) is 23.9 Å². The van der Waals surface area contributed by atoms with Crippen molar-refractivity contribution in [2.24, 2.45) is 0 Å². The van der Waals surface area contributed by atoms with Gasteiger partial charge >= 0.3 is 0 Å². The van der Waals surface area contributed by atoms with Crippen molar-refractivity contribution in [3.63, 3.8) is 0 Å². The summed E-state index contributed by atoms with van der Waals surface area (Å²) < 4.78 is 2.49. The number of thioether (sulfide) groups is 1. The summed E-state index contributed by atoms with van der Waals surface area (Å²) in [6.07, 6.45) is 5.87. The monoisotopic (exact) mass is 433 g/mol. The van der Waals surface area contributed by atoms with Gasteiger partial charge in [-0.2, -0.15) is 5.10 Å². The van der Waals surface area contributed by atoms with E-state index >= 15 is 0 Å². The highest BCUT2D eigenvalue weighted by Gasteiger charge is 2.31. The van der Waals surface area contributed by atoms with Crippen molar-refractivity contribution in [1.29, 1.82) is 0 Å². The molecule has 152 valence electrons. The Balaban J connectivity index is 1.76. The van der Waals surface area contributed by atoms with Crippen LogP contribution < -0.4 is 0 Å². The van der Waals surface area contributed by atoms with Gasteiger partial charge in [-0.15, -0.1) is 0 Å². The van der Waals surface area contributed by atoms with Gasteiger partial charge in [0.05, 0.1) is 16.3 Å². The standard InChI is InChI=1S/C24H23N3OS2/c1-3-4-14-26-23(28)21(30-24(26)29)15-19-16-27(20-8-6-5-7-9-20)25-22(19)18-12-10-17(2)11-13-18/h5-13,15-16H,3-4,14H2,1-2H3/b21-15+. The average Bonchev–Trinajstić information content (AvgIpc) is 3.29. The van der Waals surface area contributed by atoms with Crippen LogP contribution in [0, 0.1) is 6.92 Å². The van der Waals surface area contributed by atoms with Gasteiger partial charge < -0.3 is 0 Å². The van der Waals surface area contributed by atoms with E-state index in [9.17, 15) is 4.79 Å². The Morgan fingerprint density at radius 1 is 1.10 bits per heavy atom. The van der Waals surface area contributed by atoms with E-state index in [-0.39, 0.29) is 5.91 Å². The van der Waals surface area contributed by atoms with E-state index in [1.807, 2.05) is 47.3 Å². The Hall–Kier alpha value is -2.70. The molecule has 0 atom stereocenters. The van der Waals surface area contributed by atoms with E-state index in [2.05, 4.69) is 38.1 Å². The molecule has 0 saturated carbocycles. The van der Waals surface area contributed by atoms with Gasteiger partial charge in [0.25, 0.3) is 5.91 Å². The van der Waals surface area contributed by atoms with Crippen LogP contribution in [0.5, 0.6) is 0 Å². The summed E-state index contributed by atoms with van der Waals surface area (Å²) in [5.74, 6) is -0.0132. The minimum atomic E-state index is -0.0132. The molecule has 1 fully saturated rings. The molecule has 0 spiro atoms. The Labute approximate surface area is 186 Å². The summed E-state index contributed by atoms with van der Waals surface area (Å²) in [7, 11) is 0. The molecule has 30 heavy (non-hydrogen) atoms. The molecule has 6 heteroatoms. The van der Waals surface area contributed by atoms with E-state index in [0.29, 0.717) is 15.8 Å². The first-order valence-corrected chi connectivity index (χ1v) is 11.3. The van der Waals surface area contributed by atoms with Gasteiger partial charge in [0.15, 0.2) is 0 Å². The van der Waals surface area contributed by atoms with Crippen molar-refractivity contribution in [1.82, 2.24) is 14.7 Å². The highest BCUT2D eigenvalue weighted by Crippen LogP contribution is 2.35. The molecule has 4 nitrogen and oxygen atoms in total. The third-order valence-electron chi connectivity index (χ3n) is 4.98. The van der Waals surface area contributed by atoms with Crippen LogP contribution in [0.25, 0.3) is 23.0 Å². The number of aromatic nitrogens is 2. The van der Waals surface area contributed by atoms with Crippen molar-refractivity contribution >= 4 is 40.3 Å². The van der Waals surface area contributed by atoms with Crippen molar-refractivity contribution in [3.8, 4) is 16.9 Å². The zero-order valence-electron chi connectivity index (χ0n) is 17.0. The quantitative estimate of drug-likeness (QED) is 0.361. The zero-order chi connectivity index (χ0) is 21.1. The van der Waals surface area contributed by atoms with Crippen LogP contribution in [0.2, 0.25) is 0 Å². The molecule has 1 aliphatic heterocycles. The van der Waals surface area contributed by atoms with E-state index in [1.54, 1.807) is 4.90 Å². The molecular weight excluding hydrogens is 410 g/mol. The number of amides is 1. The molecule has 2 heterocycles. The summed E-state index contributed by atoms with van der Waals surface area (Å²) in [5, 5.41) is 4.84. The number of aryl methyl sites for hydroxylation is 1. The molecule has 0 aliphatic carbocycles. The second kappa shape index (κ2) is 8.98. The van der Waals surface area contributed by atoms with Crippen LogP contribution in [-0.4, -0.2) is 31.5 Å². The van der Waals surface area contributed by atoms with Crippen LogP contribution in [0.1, 0.15) is 30.9 Å². The Kier molecular flexibility index (Phi) is 6.16. The van der Waals surface area contributed by atoms with Crippen molar-refractivity contribution in [2.75, 3.05) is 6.54 Å². The minimum absolute atomic E-state index is 0.0132. The summed E-state index contributed by atoms with van der Waals surface area (Å²) in [4.78, 5) is 15.3. The highest BCUT2D eigenvalue weighted by molar-refractivity contribution is 8.26. The number of para-hydroxylation sites is 1. The number of carbonyl (C=O) groups excluding carboxylic acids is 1. The number of benzene rings is 2. The van der Waals surface area contributed by atoms with Crippen LogP contribution in [-0.2, 0) is 4.79 Å². The second-order valence-corrected chi connectivity index (χ2v) is 8.94. The molecular formula is C24H23N3OS2. The van der Waals surface area contributed by atoms with Crippen molar-refractivity contribution < 1.29 is 4.79 Å². The smallest absolute Gasteiger partial charge is 0.266 e. The number of rotatable bonds is 6. The maximum Gasteiger partial charge on any atom is 0.266 e. The fourth-order valence-corrected chi connectivity index (χ4v) is 4.59. The fraction of sp³-hybridized carbons (Fsp3) is 0.208. The fourth-order valence-electron chi connectivity index (χ4n) is 3.29. The van der Waals surface area contributed by atoms with Crippen molar-refractivity contribution in [2.45, 2.75) is 26.7 Å². The van der Waals surface area contributed by atoms with Gasteiger partial charge in [0.1, 0.15) is 4.32 Å². The molecule has 0 N–H and O–H groups in total. The van der Waals surface area contributed by atoms with Gasteiger partial charge in [-0.3, -0.25) is 9.69 Å². The van der Waals surface area contributed by atoms with Gasteiger partial charge in [0.2, 0.25) is 0 Å². The van der Waals surface area contributed by atoms with Gasteiger partial charge in [-0.1, -0.05) is 85.4 Å². The topological polar surface area (TPSA) is 38.1 Å². The lowest BCUT2D eigenvalue weighted by atomic mass is 10.1. The van der Waals surface area contributed by atoms with Crippen LogP contribution in [0.4, 0.5) is 0 Å². The highest BCUT2D eigenvalue weighted by atomic mass is 32.2. The Morgan fingerprint density at radius 3 is 2.53 bits per heavy atom. The number of unbranched alkanes of at least 4 members (excludes halogenated alkanes) is 1. The van der Waals surface area contributed by atoms with E-state index in [1.165, 1.54) is 17.3 Å². The first kappa shape index (κ1) is 20.6. The summed E-state index contributed by atoms with van der Waals surface area (Å²) >= 11 is 6.82. The number of hydrogen-bond acceptors (Lipinski definition) is 4. The van der Waals surface area contributed by atoms with Crippen LogP contribution in [0.3, 0.4) is 0 Å². The number of nitrogens with zero attached hydrogens (tertiary/aromatic N) is 3. The molecule has 1 saturated heterocycles. The summed E-state index contributed by atoms with van der Waals surface area (Å²) in [6.45, 7) is 4.85. The molecule has 0 bridgehead atoms. The maximum atomic E-state index is 12.9. The number of hydrogen-bond donors (Lipinski definition) is 0. The summed E-state index contributed by atoms with van der Waals surface area (Å²) in [6, 6.07) is 18.3. The van der Waals surface area contributed by atoms with E-state index in [4.69, 9.17) is 17.3 Å². The van der Waals surface area contributed by atoms with E-state index in [0.717, 1.165) is 35.3 Å².